The molecule has 0 aromatic rings. The molecule has 94 valence electrons. The van der Waals surface area contributed by atoms with Gasteiger partial charge >= 0.3 is 5.97 Å². The SMILES string of the molecule is CO[C@@H]1C(COC(C)=O)O[C@H](C)C(O)[C@@H]1O. The van der Waals surface area contributed by atoms with Crippen LogP contribution >= 0.6 is 0 Å². The fourth-order valence-electron chi connectivity index (χ4n) is 1.75. The maximum atomic E-state index is 10.7. The van der Waals surface area contributed by atoms with Gasteiger partial charge in [-0.3, -0.25) is 4.79 Å². The number of aliphatic hydroxyl groups excluding tert-OH is 2. The van der Waals surface area contributed by atoms with Crippen molar-refractivity contribution in [3.8, 4) is 0 Å². The summed E-state index contributed by atoms with van der Waals surface area (Å²) in [6, 6.07) is 0. The van der Waals surface area contributed by atoms with E-state index in [1.165, 1.54) is 14.0 Å². The van der Waals surface area contributed by atoms with Crippen molar-refractivity contribution in [3.63, 3.8) is 0 Å². The average Bonchev–Trinajstić information content (AvgIpc) is 2.23. The molecule has 2 N–H and O–H groups in total. The Labute approximate surface area is 94.1 Å². The van der Waals surface area contributed by atoms with Crippen molar-refractivity contribution in [3.05, 3.63) is 0 Å². The van der Waals surface area contributed by atoms with Crippen LogP contribution in [0.2, 0.25) is 0 Å². The smallest absolute Gasteiger partial charge is 0.302 e. The molecule has 1 rings (SSSR count). The zero-order chi connectivity index (χ0) is 12.3. The second-order valence-corrected chi connectivity index (χ2v) is 3.86. The Hall–Kier alpha value is -0.690. The fraction of sp³-hybridized carbons (Fsp3) is 0.900. The Morgan fingerprint density at radius 2 is 2.00 bits per heavy atom. The van der Waals surface area contributed by atoms with E-state index >= 15 is 0 Å². The highest BCUT2D eigenvalue weighted by atomic mass is 16.6. The number of rotatable bonds is 3. The highest BCUT2D eigenvalue weighted by molar-refractivity contribution is 5.65. The maximum Gasteiger partial charge on any atom is 0.302 e. The van der Waals surface area contributed by atoms with Crippen molar-refractivity contribution in [1.82, 2.24) is 0 Å². The summed E-state index contributed by atoms with van der Waals surface area (Å²) in [4.78, 5) is 10.7. The van der Waals surface area contributed by atoms with E-state index in [4.69, 9.17) is 14.2 Å². The lowest BCUT2D eigenvalue weighted by Crippen LogP contribution is -2.58. The van der Waals surface area contributed by atoms with Crippen LogP contribution in [-0.4, -0.2) is 60.4 Å². The lowest BCUT2D eigenvalue weighted by molar-refractivity contribution is -0.233. The van der Waals surface area contributed by atoms with Crippen LogP contribution < -0.4 is 0 Å². The lowest BCUT2D eigenvalue weighted by atomic mass is 9.96. The molecule has 16 heavy (non-hydrogen) atoms. The number of hydrogen-bond donors (Lipinski definition) is 2. The number of carbonyl (C=O) groups excluding carboxylic acids is 1. The summed E-state index contributed by atoms with van der Waals surface area (Å²) in [6.45, 7) is 2.93. The van der Waals surface area contributed by atoms with Crippen LogP contribution in [0.3, 0.4) is 0 Å². The number of ether oxygens (including phenoxy) is 3. The summed E-state index contributed by atoms with van der Waals surface area (Å²) < 4.78 is 15.3. The highest BCUT2D eigenvalue weighted by Gasteiger charge is 2.43. The summed E-state index contributed by atoms with van der Waals surface area (Å²) >= 11 is 0. The molecule has 0 saturated carbocycles. The fourth-order valence-corrected chi connectivity index (χ4v) is 1.75. The van der Waals surface area contributed by atoms with Gasteiger partial charge in [-0.2, -0.15) is 0 Å². The van der Waals surface area contributed by atoms with Crippen molar-refractivity contribution in [2.45, 2.75) is 44.4 Å². The molecule has 1 saturated heterocycles. The molecule has 0 aromatic heterocycles. The first-order chi connectivity index (χ1) is 7.47. The Morgan fingerprint density at radius 3 is 2.50 bits per heavy atom. The maximum absolute atomic E-state index is 10.7. The summed E-state index contributed by atoms with van der Waals surface area (Å²) in [5, 5.41) is 19.3. The van der Waals surface area contributed by atoms with E-state index in [0.29, 0.717) is 0 Å². The van der Waals surface area contributed by atoms with Crippen LogP contribution in [0.5, 0.6) is 0 Å². The Kier molecular flexibility index (Phi) is 4.67. The first-order valence-electron chi connectivity index (χ1n) is 5.15. The largest absolute Gasteiger partial charge is 0.463 e. The summed E-state index contributed by atoms with van der Waals surface area (Å²) in [5.41, 5.74) is 0. The van der Waals surface area contributed by atoms with Gasteiger partial charge < -0.3 is 24.4 Å². The molecule has 0 aliphatic carbocycles. The zero-order valence-electron chi connectivity index (χ0n) is 9.62. The van der Waals surface area contributed by atoms with Gasteiger partial charge in [-0.1, -0.05) is 0 Å². The Morgan fingerprint density at radius 1 is 1.38 bits per heavy atom. The van der Waals surface area contributed by atoms with Crippen molar-refractivity contribution in [1.29, 1.82) is 0 Å². The van der Waals surface area contributed by atoms with E-state index in [-0.39, 0.29) is 6.61 Å². The molecule has 2 unspecified atom stereocenters. The van der Waals surface area contributed by atoms with E-state index < -0.39 is 36.5 Å². The number of hydrogen-bond acceptors (Lipinski definition) is 6. The van der Waals surface area contributed by atoms with Gasteiger partial charge in [0.25, 0.3) is 0 Å². The van der Waals surface area contributed by atoms with E-state index in [1.54, 1.807) is 6.92 Å². The van der Waals surface area contributed by atoms with Gasteiger partial charge in [-0.05, 0) is 6.92 Å². The molecular formula is C10H18O6. The van der Waals surface area contributed by atoms with Crippen LogP contribution in [-0.2, 0) is 19.0 Å². The lowest BCUT2D eigenvalue weighted by Gasteiger charge is -2.40. The molecule has 1 fully saturated rings. The summed E-state index contributed by atoms with van der Waals surface area (Å²) in [7, 11) is 1.40. The van der Waals surface area contributed by atoms with Crippen LogP contribution in [0, 0.1) is 0 Å². The molecule has 0 bridgehead atoms. The third-order valence-electron chi connectivity index (χ3n) is 2.65. The van der Waals surface area contributed by atoms with Crippen LogP contribution in [0.1, 0.15) is 13.8 Å². The molecule has 6 heteroatoms. The monoisotopic (exact) mass is 234 g/mol. The Balaban J connectivity index is 2.63. The number of methoxy groups -OCH3 is 1. The zero-order valence-corrected chi connectivity index (χ0v) is 9.62. The van der Waals surface area contributed by atoms with Crippen LogP contribution in [0.15, 0.2) is 0 Å². The summed E-state index contributed by atoms with van der Waals surface area (Å²) in [6.07, 6.45) is -3.84. The Bertz CT molecular complexity index is 243. The van der Waals surface area contributed by atoms with Gasteiger partial charge in [-0.15, -0.1) is 0 Å². The van der Waals surface area contributed by atoms with Crippen molar-refractivity contribution in [2.75, 3.05) is 13.7 Å². The standard InChI is InChI=1S/C10H18O6/c1-5-8(12)9(13)10(14-3)7(16-5)4-15-6(2)11/h5,7-10,12-13H,4H2,1-3H3/t5-,7?,8?,9+,10-/m1/s1. The minimum absolute atomic E-state index is 0.00194. The first kappa shape index (κ1) is 13.4. The minimum atomic E-state index is -1.05. The molecule has 1 aliphatic rings. The van der Waals surface area contributed by atoms with E-state index in [2.05, 4.69) is 0 Å². The van der Waals surface area contributed by atoms with Crippen LogP contribution in [0.25, 0.3) is 0 Å². The van der Waals surface area contributed by atoms with Crippen LogP contribution in [0.4, 0.5) is 0 Å². The van der Waals surface area contributed by atoms with Gasteiger partial charge in [0.15, 0.2) is 0 Å². The average molecular weight is 234 g/mol. The number of aliphatic hydroxyl groups is 2. The van der Waals surface area contributed by atoms with E-state index in [9.17, 15) is 15.0 Å². The number of esters is 1. The van der Waals surface area contributed by atoms with E-state index in [0.717, 1.165) is 0 Å². The highest BCUT2D eigenvalue weighted by Crippen LogP contribution is 2.23. The third-order valence-corrected chi connectivity index (χ3v) is 2.65. The first-order valence-corrected chi connectivity index (χ1v) is 5.15. The molecule has 0 amide bonds. The minimum Gasteiger partial charge on any atom is -0.463 e. The molecule has 1 heterocycles. The van der Waals surface area contributed by atoms with E-state index in [1.807, 2.05) is 0 Å². The third kappa shape index (κ3) is 2.91. The van der Waals surface area contributed by atoms with Gasteiger partial charge in [0, 0.05) is 14.0 Å². The van der Waals surface area contributed by atoms with Gasteiger partial charge in [-0.25, -0.2) is 0 Å². The molecule has 0 aromatic carbocycles. The second-order valence-electron chi connectivity index (χ2n) is 3.86. The van der Waals surface area contributed by atoms with Crippen molar-refractivity contribution < 1.29 is 29.2 Å². The van der Waals surface area contributed by atoms with Gasteiger partial charge in [0.05, 0.1) is 6.10 Å². The van der Waals surface area contributed by atoms with Gasteiger partial charge in [0.1, 0.15) is 31.0 Å². The van der Waals surface area contributed by atoms with Crippen molar-refractivity contribution >= 4 is 5.97 Å². The summed E-state index contributed by atoms with van der Waals surface area (Å²) in [5.74, 6) is -0.424. The topological polar surface area (TPSA) is 85.2 Å². The number of carbonyl (C=O) groups is 1. The second kappa shape index (κ2) is 5.58. The van der Waals surface area contributed by atoms with Crippen molar-refractivity contribution in [2.24, 2.45) is 0 Å². The predicted octanol–water partition coefficient (Wildman–Crippen LogP) is -0.926. The molecule has 0 spiro atoms. The van der Waals surface area contributed by atoms with Gasteiger partial charge in [0.2, 0.25) is 0 Å². The molecular weight excluding hydrogens is 216 g/mol. The quantitative estimate of drug-likeness (QED) is 0.614. The molecule has 0 radical (unpaired) electrons. The normalized spacial score (nSPS) is 39.4. The predicted molar refractivity (Wildman–Crippen MR) is 53.8 cm³/mol. The molecule has 5 atom stereocenters. The molecule has 1 aliphatic heterocycles. The molecule has 6 nitrogen and oxygen atoms in total.